The molecule has 0 spiro atoms. The van der Waals surface area contributed by atoms with Gasteiger partial charge in [-0.3, -0.25) is 9.79 Å². The zero-order valence-electron chi connectivity index (χ0n) is 16.5. The van der Waals surface area contributed by atoms with Crippen molar-refractivity contribution in [3.63, 3.8) is 0 Å². The van der Waals surface area contributed by atoms with Crippen LogP contribution in [-0.2, 0) is 16.1 Å². The van der Waals surface area contributed by atoms with Crippen LogP contribution < -0.4 is 15.5 Å². The van der Waals surface area contributed by atoms with Gasteiger partial charge in [-0.25, -0.2) is 0 Å². The van der Waals surface area contributed by atoms with Crippen LogP contribution in [0.1, 0.15) is 44.6 Å². The Balaban J connectivity index is 0.00000364. The van der Waals surface area contributed by atoms with E-state index in [0.717, 1.165) is 69.2 Å². The lowest BCUT2D eigenvalue weighted by Gasteiger charge is -2.26. The molecule has 152 valence electrons. The normalized spacial score (nSPS) is 14.7. The lowest BCUT2D eigenvalue weighted by Crippen LogP contribution is -2.37. The van der Waals surface area contributed by atoms with Crippen molar-refractivity contribution < 1.29 is 9.53 Å². The first-order valence-corrected chi connectivity index (χ1v) is 9.66. The Hall–Kier alpha value is -1.35. The van der Waals surface area contributed by atoms with Gasteiger partial charge in [0.05, 0.1) is 0 Å². The first-order valence-electron chi connectivity index (χ1n) is 9.66. The molecule has 0 radical (unpaired) electrons. The number of benzene rings is 1. The molecule has 6 nitrogen and oxygen atoms in total. The number of hydrogen-bond donors (Lipinski definition) is 2. The minimum Gasteiger partial charge on any atom is -0.382 e. The molecule has 1 aromatic carbocycles. The summed E-state index contributed by atoms with van der Waals surface area (Å²) in [5, 5.41) is 6.64. The topological polar surface area (TPSA) is 66.0 Å². The molecule has 1 fully saturated rings. The molecule has 0 aromatic heterocycles. The van der Waals surface area contributed by atoms with Crippen molar-refractivity contribution in [3.05, 3.63) is 29.8 Å². The van der Waals surface area contributed by atoms with Crippen molar-refractivity contribution in [2.75, 3.05) is 38.3 Å². The van der Waals surface area contributed by atoms with E-state index in [1.165, 1.54) is 0 Å². The maximum Gasteiger partial charge on any atom is 0.226 e. The van der Waals surface area contributed by atoms with Crippen LogP contribution in [-0.4, -0.2) is 45.2 Å². The lowest BCUT2D eigenvalue weighted by molar-refractivity contribution is -0.119. The van der Waals surface area contributed by atoms with Crippen LogP contribution >= 0.6 is 24.0 Å². The Labute approximate surface area is 180 Å². The van der Waals surface area contributed by atoms with E-state index in [1.54, 1.807) is 7.05 Å². The molecule has 27 heavy (non-hydrogen) atoms. The van der Waals surface area contributed by atoms with E-state index in [2.05, 4.69) is 27.8 Å². The number of carbonyl (C=O) groups excluding carboxylic acids is 1. The van der Waals surface area contributed by atoms with E-state index in [0.29, 0.717) is 13.0 Å². The van der Waals surface area contributed by atoms with Crippen molar-refractivity contribution >= 4 is 41.5 Å². The maximum atomic E-state index is 12.0. The molecule has 1 saturated heterocycles. The minimum atomic E-state index is 0. The summed E-state index contributed by atoms with van der Waals surface area (Å²) in [4.78, 5) is 18.1. The quantitative estimate of drug-likeness (QED) is 0.242. The number of guanidine groups is 1. The van der Waals surface area contributed by atoms with Gasteiger partial charge in [-0.2, -0.15) is 0 Å². The Bertz CT molecular complexity index is 578. The number of nitrogens with one attached hydrogen (secondary N) is 2. The van der Waals surface area contributed by atoms with Gasteiger partial charge in [-0.1, -0.05) is 12.1 Å². The molecule has 1 aliphatic heterocycles. The molecule has 1 aliphatic rings. The Morgan fingerprint density at radius 2 is 1.96 bits per heavy atom. The number of nitrogens with zero attached hydrogens (tertiary/aromatic N) is 2. The number of aliphatic imine (C=N–C) groups is 1. The molecule has 0 atom stereocenters. The van der Waals surface area contributed by atoms with Gasteiger partial charge >= 0.3 is 0 Å². The number of carbonyl (C=O) groups is 1. The number of ether oxygens (including phenoxy) is 1. The van der Waals surface area contributed by atoms with Crippen molar-refractivity contribution in [2.24, 2.45) is 4.99 Å². The van der Waals surface area contributed by atoms with Gasteiger partial charge in [0.1, 0.15) is 0 Å². The first-order chi connectivity index (χ1) is 12.7. The smallest absolute Gasteiger partial charge is 0.226 e. The summed E-state index contributed by atoms with van der Waals surface area (Å²) in [6.07, 6.45) is 4.86. The molecule has 1 heterocycles. The van der Waals surface area contributed by atoms with Gasteiger partial charge in [-0.05, 0) is 50.3 Å². The highest BCUT2D eigenvalue weighted by Gasteiger charge is 2.19. The zero-order chi connectivity index (χ0) is 18.6. The van der Waals surface area contributed by atoms with Gasteiger partial charge in [0, 0.05) is 52.0 Å². The first kappa shape index (κ1) is 23.7. The Kier molecular flexibility index (Phi) is 12.1. The van der Waals surface area contributed by atoms with Gasteiger partial charge in [0.15, 0.2) is 5.96 Å². The second kappa shape index (κ2) is 13.8. The maximum absolute atomic E-state index is 12.0. The molecule has 7 heteroatoms. The average Bonchev–Trinajstić information content (AvgIpc) is 2.68. The summed E-state index contributed by atoms with van der Waals surface area (Å²) in [7, 11) is 1.78. The van der Waals surface area contributed by atoms with Crippen molar-refractivity contribution in [1.29, 1.82) is 0 Å². The van der Waals surface area contributed by atoms with Gasteiger partial charge in [0.25, 0.3) is 0 Å². The summed E-state index contributed by atoms with van der Waals surface area (Å²) in [5.41, 5.74) is 2.16. The molecule has 0 bridgehead atoms. The van der Waals surface area contributed by atoms with E-state index in [1.807, 2.05) is 24.0 Å². The van der Waals surface area contributed by atoms with E-state index >= 15 is 0 Å². The highest BCUT2D eigenvalue weighted by molar-refractivity contribution is 14.0. The Morgan fingerprint density at radius 1 is 1.19 bits per heavy atom. The summed E-state index contributed by atoms with van der Waals surface area (Å²) < 4.78 is 5.33. The number of hydrogen-bond acceptors (Lipinski definition) is 3. The summed E-state index contributed by atoms with van der Waals surface area (Å²) in [6.45, 7) is 6.02. The number of halogens is 1. The molecular formula is C20H33IN4O2. The zero-order valence-corrected chi connectivity index (χ0v) is 18.8. The predicted molar refractivity (Wildman–Crippen MR) is 122 cm³/mol. The Morgan fingerprint density at radius 3 is 2.63 bits per heavy atom. The number of anilines is 1. The highest BCUT2D eigenvalue weighted by atomic mass is 127. The van der Waals surface area contributed by atoms with Crippen LogP contribution in [0.4, 0.5) is 5.69 Å². The molecule has 2 N–H and O–H groups in total. The van der Waals surface area contributed by atoms with E-state index in [-0.39, 0.29) is 29.9 Å². The van der Waals surface area contributed by atoms with Crippen LogP contribution in [0.25, 0.3) is 0 Å². The van der Waals surface area contributed by atoms with Crippen LogP contribution in [0.15, 0.2) is 29.3 Å². The fraction of sp³-hybridized carbons (Fsp3) is 0.600. The second-order valence-corrected chi connectivity index (χ2v) is 6.43. The second-order valence-electron chi connectivity index (χ2n) is 6.43. The lowest BCUT2D eigenvalue weighted by atomic mass is 10.1. The van der Waals surface area contributed by atoms with E-state index in [9.17, 15) is 4.79 Å². The van der Waals surface area contributed by atoms with Crippen LogP contribution in [0, 0.1) is 0 Å². The molecule has 0 saturated carbocycles. The van der Waals surface area contributed by atoms with Crippen molar-refractivity contribution in [2.45, 2.75) is 45.6 Å². The predicted octanol–water partition coefficient (Wildman–Crippen LogP) is 3.30. The third kappa shape index (κ3) is 8.47. The highest BCUT2D eigenvalue weighted by Crippen LogP contribution is 2.21. The number of piperidine rings is 1. The molecule has 0 aliphatic carbocycles. The van der Waals surface area contributed by atoms with Gasteiger partial charge in [-0.15, -0.1) is 24.0 Å². The van der Waals surface area contributed by atoms with E-state index < -0.39 is 0 Å². The van der Waals surface area contributed by atoms with Gasteiger partial charge < -0.3 is 20.3 Å². The fourth-order valence-corrected chi connectivity index (χ4v) is 2.96. The monoisotopic (exact) mass is 488 g/mol. The summed E-state index contributed by atoms with van der Waals surface area (Å²) >= 11 is 0. The van der Waals surface area contributed by atoms with Crippen molar-refractivity contribution in [3.8, 4) is 0 Å². The standard InChI is InChI=1S/C20H32N4O2.HI/c1-3-26-15-7-5-13-22-20(21-2)23-16-17-9-11-18(12-10-17)24-14-6-4-8-19(24)25;/h9-12H,3-8,13-16H2,1-2H3,(H2,21,22,23);1H. The molecule has 0 unspecified atom stereocenters. The number of amides is 1. The summed E-state index contributed by atoms with van der Waals surface area (Å²) in [5.74, 6) is 1.03. The summed E-state index contributed by atoms with van der Waals surface area (Å²) in [6, 6.07) is 8.20. The van der Waals surface area contributed by atoms with Crippen LogP contribution in [0.2, 0.25) is 0 Å². The molecule has 1 amide bonds. The van der Waals surface area contributed by atoms with E-state index in [4.69, 9.17) is 4.74 Å². The van der Waals surface area contributed by atoms with Gasteiger partial charge in [0.2, 0.25) is 5.91 Å². The largest absolute Gasteiger partial charge is 0.382 e. The third-order valence-electron chi connectivity index (χ3n) is 4.47. The molecule has 1 aromatic rings. The SMILES string of the molecule is CCOCCCCNC(=NC)NCc1ccc(N2CCCCC2=O)cc1.I. The van der Waals surface area contributed by atoms with Crippen LogP contribution in [0.5, 0.6) is 0 Å². The fourth-order valence-electron chi connectivity index (χ4n) is 2.96. The van der Waals surface area contributed by atoms with Crippen LogP contribution in [0.3, 0.4) is 0 Å². The number of unbranched alkanes of at least 4 members (excludes halogenated alkanes) is 1. The number of rotatable bonds is 9. The minimum absolute atomic E-state index is 0. The average molecular weight is 488 g/mol. The third-order valence-corrected chi connectivity index (χ3v) is 4.47. The molecular weight excluding hydrogens is 455 g/mol. The van der Waals surface area contributed by atoms with Crippen molar-refractivity contribution in [1.82, 2.24) is 10.6 Å². The molecule has 2 rings (SSSR count).